The Morgan fingerprint density at radius 3 is 3.00 bits per heavy atom. The van der Waals surface area contributed by atoms with E-state index in [-0.39, 0.29) is 18.0 Å². The second-order valence-corrected chi connectivity index (χ2v) is 5.59. The van der Waals surface area contributed by atoms with Gasteiger partial charge in [0.25, 0.3) is 0 Å². The Labute approximate surface area is 121 Å². The molecule has 0 aromatic heterocycles. The van der Waals surface area contributed by atoms with E-state index in [1.807, 2.05) is 6.07 Å². The van der Waals surface area contributed by atoms with E-state index >= 15 is 0 Å². The molecule has 2 atom stereocenters. The standard InChI is InChI=1S/C13H14Cl2N2O2/c14-8-4-3-7-10(6-19-12(7)11(8)15)17-13(18)9-2-1-5-16-9/h3-4,9-10,16H,1-2,5-6H2,(H,17,18). The molecule has 1 aromatic carbocycles. The first-order valence-electron chi connectivity index (χ1n) is 6.31. The molecule has 4 nitrogen and oxygen atoms in total. The average molecular weight is 301 g/mol. The van der Waals surface area contributed by atoms with Crippen LogP contribution in [0, 0.1) is 0 Å². The van der Waals surface area contributed by atoms with Crippen LogP contribution in [0.3, 0.4) is 0 Å². The lowest BCUT2D eigenvalue weighted by Gasteiger charge is -2.15. The van der Waals surface area contributed by atoms with Crippen LogP contribution in [0.1, 0.15) is 24.4 Å². The molecule has 1 amide bonds. The number of rotatable bonds is 2. The fraction of sp³-hybridized carbons (Fsp3) is 0.462. The Morgan fingerprint density at radius 2 is 2.26 bits per heavy atom. The third-order valence-corrected chi connectivity index (χ3v) is 4.33. The smallest absolute Gasteiger partial charge is 0.237 e. The number of ether oxygens (including phenoxy) is 1. The van der Waals surface area contributed by atoms with E-state index in [9.17, 15) is 4.79 Å². The molecule has 102 valence electrons. The highest BCUT2D eigenvalue weighted by molar-refractivity contribution is 6.43. The van der Waals surface area contributed by atoms with Crippen LogP contribution < -0.4 is 15.4 Å². The maximum atomic E-state index is 12.1. The average Bonchev–Trinajstić information content (AvgIpc) is 3.04. The zero-order chi connectivity index (χ0) is 13.4. The molecule has 6 heteroatoms. The van der Waals surface area contributed by atoms with Crippen molar-refractivity contribution in [2.24, 2.45) is 0 Å². The lowest BCUT2D eigenvalue weighted by atomic mass is 10.1. The minimum Gasteiger partial charge on any atom is -0.489 e. The van der Waals surface area contributed by atoms with Crippen LogP contribution in [-0.4, -0.2) is 25.1 Å². The van der Waals surface area contributed by atoms with Crippen molar-refractivity contribution in [2.75, 3.05) is 13.2 Å². The van der Waals surface area contributed by atoms with Gasteiger partial charge in [-0.15, -0.1) is 0 Å². The van der Waals surface area contributed by atoms with Gasteiger partial charge >= 0.3 is 0 Å². The van der Waals surface area contributed by atoms with Crippen molar-refractivity contribution in [3.63, 3.8) is 0 Å². The number of hydrogen-bond donors (Lipinski definition) is 2. The van der Waals surface area contributed by atoms with Gasteiger partial charge in [0, 0.05) is 5.56 Å². The number of halogens is 2. The monoisotopic (exact) mass is 300 g/mol. The van der Waals surface area contributed by atoms with Crippen molar-refractivity contribution in [2.45, 2.75) is 24.9 Å². The van der Waals surface area contributed by atoms with Crippen molar-refractivity contribution in [3.8, 4) is 5.75 Å². The van der Waals surface area contributed by atoms with E-state index in [0.717, 1.165) is 24.9 Å². The number of amides is 1. The quantitative estimate of drug-likeness (QED) is 0.881. The molecule has 0 saturated carbocycles. The molecule has 0 aliphatic carbocycles. The summed E-state index contributed by atoms with van der Waals surface area (Å²) in [5.41, 5.74) is 0.890. The molecule has 2 N–H and O–H groups in total. The second-order valence-electron chi connectivity index (χ2n) is 4.80. The van der Waals surface area contributed by atoms with Gasteiger partial charge in [0.15, 0.2) is 0 Å². The van der Waals surface area contributed by atoms with E-state index < -0.39 is 0 Å². The molecular formula is C13H14Cl2N2O2. The van der Waals surface area contributed by atoms with Gasteiger partial charge in [0.05, 0.1) is 17.1 Å². The minimum absolute atomic E-state index is 0.0185. The van der Waals surface area contributed by atoms with Crippen LogP contribution in [0.4, 0.5) is 0 Å². The lowest BCUT2D eigenvalue weighted by molar-refractivity contribution is -0.123. The third-order valence-electron chi connectivity index (χ3n) is 3.54. The van der Waals surface area contributed by atoms with Crippen molar-refractivity contribution in [3.05, 3.63) is 27.7 Å². The molecule has 3 rings (SSSR count). The van der Waals surface area contributed by atoms with Gasteiger partial charge in [-0.2, -0.15) is 0 Å². The number of benzene rings is 1. The SMILES string of the molecule is O=C(NC1COc2c1ccc(Cl)c2Cl)C1CCCN1. The molecule has 0 radical (unpaired) electrons. The van der Waals surface area contributed by atoms with Gasteiger partial charge in [0.2, 0.25) is 5.91 Å². The number of carbonyl (C=O) groups is 1. The van der Waals surface area contributed by atoms with E-state index in [2.05, 4.69) is 10.6 Å². The van der Waals surface area contributed by atoms with Crippen LogP contribution in [0.15, 0.2) is 12.1 Å². The maximum absolute atomic E-state index is 12.1. The highest BCUT2D eigenvalue weighted by atomic mass is 35.5. The van der Waals surface area contributed by atoms with E-state index in [1.54, 1.807) is 6.07 Å². The molecule has 2 aliphatic rings. The lowest BCUT2D eigenvalue weighted by Crippen LogP contribution is -2.42. The molecule has 2 heterocycles. The van der Waals surface area contributed by atoms with Crippen molar-refractivity contribution in [1.82, 2.24) is 10.6 Å². The number of fused-ring (bicyclic) bond motifs is 1. The molecule has 1 saturated heterocycles. The first-order chi connectivity index (χ1) is 9.16. The molecule has 1 fully saturated rings. The summed E-state index contributed by atoms with van der Waals surface area (Å²) in [6.45, 7) is 1.30. The summed E-state index contributed by atoms with van der Waals surface area (Å²) in [6, 6.07) is 3.33. The second kappa shape index (κ2) is 5.19. The number of nitrogens with one attached hydrogen (secondary N) is 2. The zero-order valence-electron chi connectivity index (χ0n) is 10.2. The Kier molecular flexibility index (Phi) is 3.56. The highest BCUT2D eigenvalue weighted by Crippen LogP contribution is 2.42. The van der Waals surface area contributed by atoms with Crippen LogP contribution in [-0.2, 0) is 4.79 Å². The van der Waals surface area contributed by atoms with Crippen LogP contribution in [0.2, 0.25) is 10.0 Å². The first kappa shape index (κ1) is 13.0. The summed E-state index contributed by atoms with van der Waals surface area (Å²) in [7, 11) is 0. The van der Waals surface area contributed by atoms with E-state index in [4.69, 9.17) is 27.9 Å². The molecular weight excluding hydrogens is 287 g/mol. The predicted molar refractivity (Wildman–Crippen MR) is 73.9 cm³/mol. The summed E-state index contributed by atoms with van der Waals surface area (Å²) in [5, 5.41) is 7.05. The van der Waals surface area contributed by atoms with E-state index in [0.29, 0.717) is 22.4 Å². The number of hydrogen-bond acceptors (Lipinski definition) is 3. The maximum Gasteiger partial charge on any atom is 0.237 e. The normalized spacial score (nSPS) is 24.9. The summed E-state index contributed by atoms with van der Waals surface area (Å²) < 4.78 is 5.53. The topological polar surface area (TPSA) is 50.4 Å². The van der Waals surface area contributed by atoms with E-state index in [1.165, 1.54) is 0 Å². The largest absolute Gasteiger partial charge is 0.489 e. The Hall–Kier alpha value is -0.970. The van der Waals surface area contributed by atoms with Gasteiger partial charge in [-0.05, 0) is 25.5 Å². The minimum atomic E-state index is -0.153. The van der Waals surface area contributed by atoms with Gasteiger partial charge in [-0.25, -0.2) is 0 Å². The zero-order valence-corrected chi connectivity index (χ0v) is 11.7. The molecule has 2 unspecified atom stereocenters. The van der Waals surface area contributed by atoms with Crippen molar-refractivity contribution >= 4 is 29.1 Å². The van der Waals surface area contributed by atoms with Gasteiger partial charge < -0.3 is 15.4 Å². The highest BCUT2D eigenvalue weighted by Gasteiger charge is 2.31. The molecule has 19 heavy (non-hydrogen) atoms. The van der Waals surface area contributed by atoms with Gasteiger partial charge in [-0.1, -0.05) is 29.3 Å². The summed E-state index contributed by atoms with van der Waals surface area (Å²) in [4.78, 5) is 12.1. The molecule has 1 aromatic rings. The molecule has 0 spiro atoms. The fourth-order valence-electron chi connectivity index (χ4n) is 2.52. The van der Waals surface area contributed by atoms with Crippen LogP contribution in [0.5, 0.6) is 5.75 Å². The van der Waals surface area contributed by atoms with Crippen molar-refractivity contribution in [1.29, 1.82) is 0 Å². The third kappa shape index (κ3) is 2.40. The van der Waals surface area contributed by atoms with Crippen molar-refractivity contribution < 1.29 is 9.53 Å². The summed E-state index contributed by atoms with van der Waals surface area (Å²) in [5.74, 6) is 0.601. The Bertz CT molecular complexity index is 516. The summed E-state index contributed by atoms with van der Waals surface area (Å²) in [6.07, 6.45) is 1.92. The van der Waals surface area contributed by atoms with Crippen LogP contribution >= 0.6 is 23.2 Å². The fourth-order valence-corrected chi connectivity index (χ4v) is 2.90. The number of carbonyl (C=O) groups excluding carboxylic acids is 1. The summed E-state index contributed by atoms with van der Waals surface area (Å²) >= 11 is 12.0. The predicted octanol–water partition coefficient (Wildman–Crippen LogP) is 2.30. The Morgan fingerprint density at radius 1 is 1.42 bits per heavy atom. The molecule has 0 bridgehead atoms. The van der Waals surface area contributed by atoms with Gasteiger partial charge in [0.1, 0.15) is 17.4 Å². The Balaban J connectivity index is 1.75. The first-order valence-corrected chi connectivity index (χ1v) is 7.07. The molecule has 2 aliphatic heterocycles. The van der Waals surface area contributed by atoms with Crippen LogP contribution in [0.25, 0.3) is 0 Å². The van der Waals surface area contributed by atoms with Gasteiger partial charge in [-0.3, -0.25) is 4.79 Å².